The first-order chi connectivity index (χ1) is 10.7. The fraction of sp³-hybridized carbons (Fsp3) is 0.444. The lowest BCUT2D eigenvalue weighted by Crippen LogP contribution is -2.42. The number of ether oxygens (including phenoxy) is 1. The first-order valence-corrected chi connectivity index (χ1v) is 7.93. The number of fused-ring (bicyclic) bond motifs is 1. The van der Waals surface area contributed by atoms with Crippen LogP contribution in [0.1, 0.15) is 24.2 Å². The molecule has 1 aliphatic heterocycles. The van der Waals surface area contributed by atoms with Gasteiger partial charge in [0.25, 0.3) is 0 Å². The van der Waals surface area contributed by atoms with E-state index in [0.29, 0.717) is 25.8 Å². The van der Waals surface area contributed by atoms with E-state index in [0.717, 1.165) is 18.7 Å². The summed E-state index contributed by atoms with van der Waals surface area (Å²) in [6.45, 7) is 5.74. The van der Waals surface area contributed by atoms with E-state index in [1.807, 2.05) is 30.3 Å². The predicted octanol–water partition coefficient (Wildman–Crippen LogP) is 2.44. The molecule has 22 heavy (non-hydrogen) atoms. The van der Waals surface area contributed by atoms with Crippen LogP contribution in [0.4, 0.5) is 0 Å². The van der Waals surface area contributed by atoms with Gasteiger partial charge in [0.1, 0.15) is 0 Å². The summed E-state index contributed by atoms with van der Waals surface area (Å²) in [5, 5.41) is 10.2. The lowest BCUT2D eigenvalue weighted by Gasteiger charge is -2.36. The molecule has 1 aromatic carbocycles. The van der Waals surface area contributed by atoms with Gasteiger partial charge in [-0.15, -0.1) is 0 Å². The van der Waals surface area contributed by atoms with Crippen LogP contribution in [0.2, 0.25) is 0 Å². The monoisotopic (exact) mass is 300 g/mol. The van der Waals surface area contributed by atoms with E-state index in [4.69, 9.17) is 4.74 Å². The molecule has 3 rings (SSSR count). The predicted molar refractivity (Wildman–Crippen MR) is 86.5 cm³/mol. The van der Waals surface area contributed by atoms with E-state index < -0.39 is 6.10 Å². The highest BCUT2D eigenvalue weighted by atomic mass is 16.5. The number of rotatable bonds is 6. The van der Waals surface area contributed by atoms with Gasteiger partial charge in [0, 0.05) is 37.6 Å². The van der Waals surface area contributed by atoms with Crippen molar-refractivity contribution >= 4 is 0 Å². The van der Waals surface area contributed by atoms with Crippen molar-refractivity contribution in [1.29, 1.82) is 0 Å². The number of aromatic nitrogens is 1. The van der Waals surface area contributed by atoms with Crippen molar-refractivity contribution in [2.45, 2.75) is 32.2 Å². The average molecular weight is 300 g/mol. The zero-order chi connectivity index (χ0) is 15.4. The minimum atomic E-state index is -0.451. The molecule has 4 nitrogen and oxygen atoms in total. The van der Waals surface area contributed by atoms with Crippen LogP contribution in [0.15, 0.2) is 48.7 Å². The van der Waals surface area contributed by atoms with E-state index in [1.54, 1.807) is 0 Å². The summed E-state index contributed by atoms with van der Waals surface area (Å²) in [6, 6.07) is 14.7. The Labute approximate surface area is 131 Å². The minimum Gasteiger partial charge on any atom is -0.389 e. The molecular weight excluding hydrogens is 276 g/mol. The molecule has 1 N–H and O–H groups in total. The van der Waals surface area contributed by atoms with Gasteiger partial charge in [-0.05, 0) is 24.6 Å². The summed E-state index contributed by atoms with van der Waals surface area (Å²) in [7, 11) is 0. The van der Waals surface area contributed by atoms with Crippen LogP contribution >= 0.6 is 0 Å². The van der Waals surface area contributed by atoms with Gasteiger partial charge in [0.05, 0.1) is 19.3 Å². The fourth-order valence-corrected chi connectivity index (χ4v) is 3.09. The lowest BCUT2D eigenvalue weighted by atomic mass is 10.1. The number of aliphatic hydroxyl groups is 1. The molecule has 0 spiro atoms. The Morgan fingerprint density at radius 1 is 1.18 bits per heavy atom. The summed E-state index contributed by atoms with van der Waals surface area (Å²) < 4.78 is 7.92. The summed E-state index contributed by atoms with van der Waals surface area (Å²) >= 11 is 0. The standard InChI is InChI=1S/C18H24N2O2/c1-15-18-8-5-9-19(18)10-11-20(15)12-17(21)14-22-13-16-6-3-2-4-7-16/h2-9,15,17,21H,10-14H2,1H3/t15-,17-/m0/s1. The summed E-state index contributed by atoms with van der Waals surface area (Å²) in [5.74, 6) is 0. The smallest absolute Gasteiger partial charge is 0.0900 e. The molecule has 0 amide bonds. The molecule has 2 aromatic rings. The lowest BCUT2D eigenvalue weighted by molar-refractivity contribution is -0.000819. The molecule has 0 bridgehead atoms. The van der Waals surface area contributed by atoms with Crippen LogP contribution in [-0.2, 0) is 17.9 Å². The topological polar surface area (TPSA) is 37.6 Å². The maximum absolute atomic E-state index is 10.2. The highest BCUT2D eigenvalue weighted by molar-refractivity contribution is 5.14. The number of hydrogen-bond donors (Lipinski definition) is 1. The summed E-state index contributed by atoms with van der Waals surface area (Å²) in [6.07, 6.45) is 1.68. The van der Waals surface area contributed by atoms with Gasteiger partial charge >= 0.3 is 0 Å². The molecule has 0 radical (unpaired) electrons. The summed E-state index contributed by atoms with van der Waals surface area (Å²) in [5.41, 5.74) is 2.46. The van der Waals surface area contributed by atoms with Crippen molar-refractivity contribution in [3.05, 3.63) is 59.9 Å². The first kappa shape index (κ1) is 15.3. The molecule has 2 atom stereocenters. The van der Waals surface area contributed by atoms with Crippen LogP contribution in [-0.4, -0.2) is 40.4 Å². The molecule has 2 heterocycles. The van der Waals surface area contributed by atoms with E-state index >= 15 is 0 Å². The highest BCUT2D eigenvalue weighted by Crippen LogP contribution is 2.25. The Bertz CT molecular complexity index is 582. The normalized spacial score (nSPS) is 19.8. The maximum Gasteiger partial charge on any atom is 0.0900 e. The largest absolute Gasteiger partial charge is 0.389 e. The number of hydrogen-bond acceptors (Lipinski definition) is 3. The number of β-amino-alcohol motifs (C(OH)–C–C–N with tert-alkyl or cyclic N) is 1. The van der Waals surface area contributed by atoms with Gasteiger partial charge in [-0.1, -0.05) is 30.3 Å². The third-order valence-corrected chi connectivity index (χ3v) is 4.34. The molecular formula is C18H24N2O2. The Balaban J connectivity index is 1.45. The maximum atomic E-state index is 10.2. The zero-order valence-electron chi connectivity index (χ0n) is 13.1. The van der Waals surface area contributed by atoms with Crippen molar-refractivity contribution in [1.82, 2.24) is 9.47 Å². The number of aliphatic hydroxyl groups excluding tert-OH is 1. The van der Waals surface area contributed by atoms with E-state index in [2.05, 4.69) is 34.7 Å². The Hall–Kier alpha value is -1.62. The van der Waals surface area contributed by atoms with E-state index in [1.165, 1.54) is 5.69 Å². The molecule has 0 unspecified atom stereocenters. The molecule has 0 saturated heterocycles. The minimum absolute atomic E-state index is 0.340. The molecule has 0 saturated carbocycles. The molecule has 1 aromatic heterocycles. The zero-order valence-corrected chi connectivity index (χ0v) is 13.1. The molecule has 0 fully saturated rings. The van der Waals surface area contributed by atoms with Gasteiger partial charge < -0.3 is 14.4 Å². The van der Waals surface area contributed by atoms with Crippen molar-refractivity contribution in [2.75, 3.05) is 19.7 Å². The van der Waals surface area contributed by atoms with Crippen molar-refractivity contribution in [3.63, 3.8) is 0 Å². The van der Waals surface area contributed by atoms with Crippen LogP contribution in [0.3, 0.4) is 0 Å². The van der Waals surface area contributed by atoms with Gasteiger partial charge in [0.15, 0.2) is 0 Å². The van der Waals surface area contributed by atoms with Crippen molar-refractivity contribution in [3.8, 4) is 0 Å². The average Bonchev–Trinajstić information content (AvgIpc) is 3.01. The van der Waals surface area contributed by atoms with Crippen LogP contribution in [0.25, 0.3) is 0 Å². The second kappa shape index (κ2) is 7.09. The Morgan fingerprint density at radius 2 is 2.00 bits per heavy atom. The third kappa shape index (κ3) is 3.58. The second-order valence-corrected chi connectivity index (χ2v) is 5.95. The molecule has 118 valence electrons. The third-order valence-electron chi connectivity index (χ3n) is 4.34. The van der Waals surface area contributed by atoms with Crippen LogP contribution in [0, 0.1) is 0 Å². The number of benzene rings is 1. The van der Waals surface area contributed by atoms with Crippen molar-refractivity contribution < 1.29 is 9.84 Å². The van der Waals surface area contributed by atoms with E-state index in [-0.39, 0.29) is 0 Å². The van der Waals surface area contributed by atoms with Gasteiger partial charge in [-0.2, -0.15) is 0 Å². The van der Waals surface area contributed by atoms with Gasteiger partial charge in [-0.25, -0.2) is 0 Å². The summed E-state index contributed by atoms with van der Waals surface area (Å²) in [4.78, 5) is 2.33. The quantitative estimate of drug-likeness (QED) is 0.890. The van der Waals surface area contributed by atoms with Crippen molar-refractivity contribution in [2.24, 2.45) is 0 Å². The van der Waals surface area contributed by atoms with Gasteiger partial charge in [-0.3, -0.25) is 4.90 Å². The number of nitrogens with zero attached hydrogens (tertiary/aromatic N) is 2. The first-order valence-electron chi connectivity index (χ1n) is 7.93. The highest BCUT2D eigenvalue weighted by Gasteiger charge is 2.24. The molecule has 4 heteroatoms. The molecule has 0 aliphatic carbocycles. The Morgan fingerprint density at radius 3 is 2.82 bits per heavy atom. The fourth-order valence-electron chi connectivity index (χ4n) is 3.09. The van der Waals surface area contributed by atoms with Crippen LogP contribution < -0.4 is 0 Å². The second-order valence-electron chi connectivity index (χ2n) is 5.95. The van der Waals surface area contributed by atoms with Gasteiger partial charge in [0.2, 0.25) is 0 Å². The molecule has 1 aliphatic rings. The van der Waals surface area contributed by atoms with Crippen LogP contribution in [0.5, 0.6) is 0 Å². The SMILES string of the molecule is C[C@H]1c2cccn2CCN1C[C@H](O)COCc1ccccc1. The Kier molecular flexibility index (Phi) is 4.93. The van der Waals surface area contributed by atoms with E-state index in [9.17, 15) is 5.11 Å².